The first kappa shape index (κ1) is 28.9. The van der Waals surface area contributed by atoms with Crippen molar-refractivity contribution in [3.05, 3.63) is 64.9 Å². The largest absolute Gasteiger partial charge is 0.497 e. The average molecular weight is 550 g/mol. The van der Waals surface area contributed by atoms with Gasteiger partial charge in [-0.15, -0.1) is 0 Å². The molecular formula is C31H35NO8. The van der Waals surface area contributed by atoms with Crippen molar-refractivity contribution < 1.29 is 38.1 Å². The van der Waals surface area contributed by atoms with E-state index < -0.39 is 35.6 Å². The van der Waals surface area contributed by atoms with E-state index in [-0.39, 0.29) is 24.6 Å². The molecule has 2 aliphatic rings. The lowest BCUT2D eigenvalue weighted by atomic mass is 9.62. The van der Waals surface area contributed by atoms with Gasteiger partial charge in [0.1, 0.15) is 11.7 Å². The number of nitrogens with zero attached hydrogens (tertiary/aromatic N) is 1. The van der Waals surface area contributed by atoms with Gasteiger partial charge in [0.25, 0.3) is 0 Å². The number of benzene rings is 2. The van der Waals surface area contributed by atoms with Crippen molar-refractivity contribution in [1.29, 1.82) is 0 Å². The van der Waals surface area contributed by atoms with E-state index in [0.717, 1.165) is 5.56 Å². The smallest absolute Gasteiger partial charge is 0.336 e. The van der Waals surface area contributed by atoms with E-state index in [4.69, 9.17) is 28.7 Å². The van der Waals surface area contributed by atoms with Crippen LogP contribution in [-0.4, -0.2) is 58.0 Å². The van der Waals surface area contributed by atoms with Crippen LogP contribution in [0.2, 0.25) is 0 Å². The van der Waals surface area contributed by atoms with Gasteiger partial charge in [0, 0.05) is 28.8 Å². The number of methoxy groups -OCH3 is 3. The molecule has 9 nitrogen and oxygen atoms in total. The highest BCUT2D eigenvalue weighted by Crippen LogP contribution is 2.51. The van der Waals surface area contributed by atoms with Gasteiger partial charge in [-0.3, -0.25) is 14.6 Å². The van der Waals surface area contributed by atoms with Crippen LogP contribution in [-0.2, 0) is 23.9 Å². The molecule has 2 aromatic carbocycles. The maximum absolute atomic E-state index is 14.5. The predicted octanol–water partition coefficient (Wildman–Crippen LogP) is 4.64. The van der Waals surface area contributed by atoms with Gasteiger partial charge >= 0.3 is 11.9 Å². The van der Waals surface area contributed by atoms with E-state index in [9.17, 15) is 14.4 Å². The summed E-state index contributed by atoms with van der Waals surface area (Å²) in [6.07, 6.45) is 0.309. The Morgan fingerprint density at radius 3 is 2.30 bits per heavy atom. The van der Waals surface area contributed by atoms with E-state index >= 15 is 0 Å². The van der Waals surface area contributed by atoms with E-state index in [1.54, 1.807) is 52.1 Å². The van der Waals surface area contributed by atoms with Gasteiger partial charge in [-0.2, -0.15) is 0 Å². The number of Topliss-reactive ketones (excluding diaryl/α,β-unsaturated/α-hetero) is 1. The zero-order valence-electron chi connectivity index (χ0n) is 23.7. The first-order valence-electron chi connectivity index (χ1n) is 13.3. The van der Waals surface area contributed by atoms with Crippen molar-refractivity contribution in [3.8, 4) is 17.2 Å². The predicted molar refractivity (Wildman–Crippen MR) is 148 cm³/mol. The Morgan fingerprint density at radius 1 is 0.925 bits per heavy atom. The number of hydrogen-bond donors (Lipinski definition) is 0. The third-order valence-corrected chi connectivity index (χ3v) is 7.48. The van der Waals surface area contributed by atoms with Crippen molar-refractivity contribution >= 4 is 23.4 Å². The van der Waals surface area contributed by atoms with Crippen LogP contribution in [0, 0.1) is 11.8 Å². The number of carbonyl (C=O) groups is 3. The van der Waals surface area contributed by atoms with E-state index in [1.165, 1.54) is 14.2 Å². The number of hydrogen-bond acceptors (Lipinski definition) is 9. The summed E-state index contributed by atoms with van der Waals surface area (Å²) < 4.78 is 27.5. The molecule has 1 aliphatic carbocycles. The molecule has 1 unspecified atom stereocenters. The summed E-state index contributed by atoms with van der Waals surface area (Å²) in [5, 5.41) is 0. The lowest BCUT2D eigenvalue weighted by molar-refractivity contribution is -0.153. The molecule has 0 spiro atoms. The Balaban J connectivity index is 1.95. The van der Waals surface area contributed by atoms with E-state index in [2.05, 4.69) is 0 Å². The van der Waals surface area contributed by atoms with Gasteiger partial charge in [-0.05, 0) is 51.0 Å². The van der Waals surface area contributed by atoms with Gasteiger partial charge < -0.3 is 23.7 Å². The van der Waals surface area contributed by atoms with Crippen molar-refractivity contribution in [2.75, 3.05) is 34.5 Å². The Hall–Kier alpha value is -4.14. The van der Waals surface area contributed by atoms with Crippen molar-refractivity contribution in [2.45, 2.75) is 39.0 Å². The van der Waals surface area contributed by atoms with Crippen LogP contribution in [0.5, 0.6) is 17.2 Å². The van der Waals surface area contributed by atoms with Crippen LogP contribution in [0.15, 0.2) is 58.7 Å². The molecule has 0 saturated heterocycles. The third kappa shape index (κ3) is 5.20. The Kier molecular flexibility index (Phi) is 8.92. The summed E-state index contributed by atoms with van der Waals surface area (Å²) in [5.41, 5.74) is 2.61. The van der Waals surface area contributed by atoms with Gasteiger partial charge in [-0.1, -0.05) is 24.3 Å². The monoisotopic (exact) mass is 549 g/mol. The van der Waals surface area contributed by atoms with E-state index in [0.29, 0.717) is 40.6 Å². The number of allylic oxidation sites excluding steroid dienone is 1. The second-order valence-electron chi connectivity index (χ2n) is 9.58. The molecule has 212 valence electrons. The quantitative estimate of drug-likeness (QED) is 0.329. The van der Waals surface area contributed by atoms with Crippen LogP contribution in [0.4, 0.5) is 0 Å². The standard InChI is InChI=1S/C31H35NO8/c1-7-39-30(34)24-17(3)32-22-16-21(18-11-9-12-19(15-18)36-4)26(31(35)40-8-2)28(33)27(22)25(24)20-13-10-14-23(37-5)29(20)38-6/h9-15,21,25-27H,7-8,16H2,1-6H3/t21-,25-,26-,27?/m1/s1. The molecule has 0 amide bonds. The number of rotatable bonds is 9. The second-order valence-corrected chi connectivity index (χ2v) is 9.58. The summed E-state index contributed by atoms with van der Waals surface area (Å²) in [6.45, 7) is 5.43. The fourth-order valence-corrected chi connectivity index (χ4v) is 5.84. The SMILES string of the molecule is CCOC(=O)C1=C(C)N=C2C[C@H](c3cccc(OC)c3)[C@@H](C(=O)OCC)C(=O)C2[C@@H]1c1cccc(OC)c1OC. The first-order valence-corrected chi connectivity index (χ1v) is 13.3. The lowest BCUT2D eigenvalue weighted by Gasteiger charge is -2.41. The number of para-hydroxylation sites is 1. The molecule has 4 atom stereocenters. The highest BCUT2D eigenvalue weighted by molar-refractivity contribution is 6.18. The number of ether oxygens (including phenoxy) is 5. The maximum Gasteiger partial charge on any atom is 0.336 e. The molecule has 1 aliphatic heterocycles. The maximum atomic E-state index is 14.5. The molecule has 40 heavy (non-hydrogen) atoms. The van der Waals surface area contributed by atoms with Crippen molar-refractivity contribution in [3.63, 3.8) is 0 Å². The minimum Gasteiger partial charge on any atom is -0.497 e. The van der Waals surface area contributed by atoms with Crippen molar-refractivity contribution in [2.24, 2.45) is 16.8 Å². The second kappa shape index (κ2) is 12.4. The molecule has 1 fully saturated rings. The topological polar surface area (TPSA) is 110 Å². The molecule has 2 aromatic rings. The fraction of sp³-hybridized carbons (Fsp3) is 0.419. The average Bonchev–Trinajstić information content (AvgIpc) is 2.95. The molecule has 0 aromatic heterocycles. The van der Waals surface area contributed by atoms with Crippen LogP contribution in [0.3, 0.4) is 0 Å². The Labute approximate surface area is 234 Å². The summed E-state index contributed by atoms with van der Waals surface area (Å²) in [6, 6.07) is 12.6. The van der Waals surface area contributed by atoms with Crippen molar-refractivity contribution in [1.82, 2.24) is 0 Å². The van der Waals surface area contributed by atoms with Crippen LogP contribution >= 0.6 is 0 Å². The first-order chi connectivity index (χ1) is 19.3. The van der Waals surface area contributed by atoms with Crippen LogP contribution < -0.4 is 14.2 Å². The molecule has 0 bridgehead atoms. The van der Waals surface area contributed by atoms with Gasteiger partial charge in [-0.25, -0.2) is 4.79 Å². The Bertz CT molecular complexity index is 1360. The number of esters is 2. The lowest BCUT2D eigenvalue weighted by Crippen LogP contribution is -2.48. The summed E-state index contributed by atoms with van der Waals surface area (Å²) >= 11 is 0. The number of fused-ring (bicyclic) bond motifs is 1. The highest BCUT2D eigenvalue weighted by atomic mass is 16.5. The number of ketones is 1. The molecule has 0 N–H and O–H groups in total. The van der Waals surface area contributed by atoms with Gasteiger partial charge in [0.15, 0.2) is 17.3 Å². The van der Waals surface area contributed by atoms with Gasteiger partial charge in [0.05, 0.1) is 46.0 Å². The molecule has 4 rings (SSSR count). The van der Waals surface area contributed by atoms with Crippen LogP contribution in [0.1, 0.15) is 50.2 Å². The molecular weight excluding hydrogens is 514 g/mol. The Morgan fingerprint density at radius 2 is 1.65 bits per heavy atom. The molecule has 1 saturated carbocycles. The molecule has 1 heterocycles. The zero-order chi connectivity index (χ0) is 29.0. The minimum atomic E-state index is -1.11. The number of carbonyl (C=O) groups excluding carboxylic acids is 3. The summed E-state index contributed by atoms with van der Waals surface area (Å²) in [7, 11) is 4.58. The fourth-order valence-electron chi connectivity index (χ4n) is 5.84. The third-order valence-electron chi connectivity index (χ3n) is 7.48. The van der Waals surface area contributed by atoms with Crippen LogP contribution in [0.25, 0.3) is 0 Å². The number of aliphatic imine (C=N–C) groups is 1. The zero-order valence-corrected chi connectivity index (χ0v) is 23.7. The normalized spacial score (nSPS) is 22.1. The minimum absolute atomic E-state index is 0.124. The summed E-state index contributed by atoms with van der Waals surface area (Å²) in [4.78, 5) is 46.1. The van der Waals surface area contributed by atoms with Gasteiger partial charge in [0.2, 0.25) is 0 Å². The molecule has 9 heteroatoms. The van der Waals surface area contributed by atoms with E-state index in [1.807, 2.05) is 18.2 Å². The summed E-state index contributed by atoms with van der Waals surface area (Å²) in [5.74, 6) is -3.48. The molecule has 0 radical (unpaired) electrons. The highest BCUT2D eigenvalue weighted by Gasteiger charge is 2.53.